The number of methoxy groups -OCH3 is 2. The van der Waals surface area contributed by atoms with Crippen LogP contribution in [0.2, 0.25) is 0 Å². The molecule has 0 aliphatic rings. The van der Waals surface area contributed by atoms with E-state index in [1.165, 1.54) is 14.2 Å². The van der Waals surface area contributed by atoms with Gasteiger partial charge in [0.25, 0.3) is 5.78 Å². The van der Waals surface area contributed by atoms with Crippen molar-refractivity contribution in [3.05, 3.63) is 21.7 Å². The molecule has 0 bridgehead atoms. The smallest absolute Gasteiger partial charge is 0.379 e. The van der Waals surface area contributed by atoms with Gasteiger partial charge >= 0.3 is 5.97 Å². The molecule has 19 heavy (non-hydrogen) atoms. The number of carbonyl (C=O) groups excluding carboxylic acids is 2. The van der Waals surface area contributed by atoms with Gasteiger partial charge in [0.05, 0.1) is 30.9 Å². The summed E-state index contributed by atoms with van der Waals surface area (Å²) in [5, 5.41) is 0. The number of Topliss-reactive ketones (excluding diaryl/α,β-unsaturated/α-hetero) is 1. The maximum atomic E-state index is 12.0. The standard InChI is InChI=1S/C13H15BrO5/c1-5-19-13(16)11(15)9-7(2)6-8(17-3)12(18-4)10(9)14/h6H,5H2,1-4H3. The molecule has 1 aromatic carbocycles. The first kappa shape index (κ1) is 15.5. The summed E-state index contributed by atoms with van der Waals surface area (Å²) in [7, 11) is 2.95. The molecule has 0 atom stereocenters. The fourth-order valence-electron chi connectivity index (χ4n) is 1.65. The molecule has 0 heterocycles. The van der Waals surface area contributed by atoms with Gasteiger partial charge in [-0.3, -0.25) is 4.79 Å². The monoisotopic (exact) mass is 330 g/mol. The predicted octanol–water partition coefficient (Wildman–Crippen LogP) is 2.52. The van der Waals surface area contributed by atoms with Crippen LogP contribution in [0, 0.1) is 6.92 Å². The number of carbonyl (C=O) groups is 2. The van der Waals surface area contributed by atoms with E-state index in [1.54, 1.807) is 19.9 Å². The second-order valence-corrected chi connectivity index (χ2v) is 4.46. The summed E-state index contributed by atoms with van der Waals surface area (Å²) >= 11 is 3.27. The Morgan fingerprint density at radius 2 is 1.89 bits per heavy atom. The summed E-state index contributed by atoms with van der Waals surface area (Å²) in [6, 6.07) is 1.63. The van der Waals surface area contributed by atoms with Crippen molar-refractivity contribution in [1.82, 2.24) is 0 Å². The number of hydrogen-bond acceptors (Lipinski definition) is 5. The third-order valence-corrected chi connectivity index (χ3v) is 3.25. The molecule has 0 unspecified atom stereocenters. The Morgan fingerprint density at radius 1 is 1.26 bits per heavy atom. The van der Waals surface area contributed by atoms with E-state index in [9.17, 15) is 9.59 Å². The Morgan fingerprint density at radius 3 is 2.37 bits per heavy atom. The molecule has 5 nitrogen and oxygen atoms in total. The number of halogens is 1. The van der Waals surface area contributed by atoms with E-state index < -0.39 is 11.8 Å². The number of aryl methyl sites for hydroxylation is 1. The number of ketones is 1. The quantitative estimate of drug-likeness (QED) is 0.471. The second-order valence-electron chi connectivity index (χ2n) is 3.67. The average Bonchev–Trinajstić information content (AvgIpc) is 2.38. The summed E-state index contributed by atoms with van der Waals surface area (Å²) in [6.45, 7) is 3.50. The van der Waals surface area contributed by atoms with Crippen molar-refractivity contribution < 1.29 is 23.8 Å². The molecule has 6 heteroatoms. The van der Waals surface area contributed by atoms with Crippen molar-refractivity contribution >= 4 is 27.7 Å². The van der Waals surface area contributed by atoms with Gasteiger partial charge in [0.15, 0.2) is 11.5 Å². The minimum absolute atomic E-state index is 0.147. The van der Waals surface area contributed by atoms with Crippen LogP contribution in [0.1, 0.15) is 22.8 Å². The number of benzene rings is 1. The zero-order valence-corrected chi connectivity index (χ0v) is 12.8. The maximum Gasteiger partial charge on any atom is 0.379 e. The van der Waals surface area contributed by atoms with Gasteiger partial charge in [-0.25, -0.2) is 4.79 Å². The third-order valence-electron chi connectivity index (χ3n) is 2.50. The number of rotatable bonds is 5. The highest BCUT2D eigenvalue weighted by Gasteiger charge is 2.26. The molecule has 0 spiro atoms. The van der Waals surface area contributed by atoms with Gasteiger partial charge in [0.1, 0.15) is 0 Å². The molecule has 0 aliphatic carbocycles. The molecule has 0 amide bonds. The van der Waals surface area contributed by atoms with Crippen molar-refractivity contribution in [3.63, 3.8) is 0 Å². The van der Waals surface area contributed by atoms with E-state index in [-0.39, 0.29) is 12.2 Å². The topological polar surface area (TPSA) is 61.8 Å². The van der Waals surface area contributed by atoms with E-state index in [1.807, 2.05) is 0 Å². The number of hydrogen-bond donors (Lipinski definition) is 0. The molecule has 0 saturated carbocycles. The lowest BCUT2D eigenvalue weighted by atomic mass is 10.0. The van der Waals surface area contributed by atoms with Gasteiger partial charge in [-0.15, -0.1) is 0 Å². The third kappa shape index (κ3) is 3.07. The Labute approximate surface area is 120 Å². The van der Waals surface area contributed by atoms with Crippen LogP contribution in [0.4, 0.5) is 0 Å². The highest BCUT2D eigenvalue weighted by molar-refractivity contribution is 9.10. The predicted molar refractivity (Wildman–Crippen MR) is 72.9 cm³/mol. The highest BCUT2D eigenvalue weighted by Crippen LogP contribution is 2.39. The Kier molecular flexibility index (Phi) is 5.35. The minimum atomic E-state index is -0.890. The second kappa shape index (κ2) is 6.56. The van der Waals surface area contributed by atoms with Crippen LogP contribution >= 0.6 is 15.9 Å². The van der Waals surface area contributed by atoms with Gasteiger partial charge in [-0.2, -0.15) is 0 Å². The molecular weight excluding hydrogens is 316 g/mol. The molecule has 0 N–H and O–H groups in total. The summed E-state index contributed by atoms with van der Waals surface area (Å²) < 4.78 is 15.4. The zero-order chi connectivity index (χ0) is 14.6. The normalized spacial score (nSPS) is 9.95. The van der Waals surface area contributed by atoms with Crippen LogP contribution in [-0.2, 0) is 9.53 Å². The Balaban J connectivity index is 3.36. The van der Waals surface area contributed by atoms with Gasteiger partial charge in [-0.1, -0.05) is 0 Å². The van der Waals surface area contributed by atoms with Crippen LogP contribution in [0.5, 0.6) is 11.5 Å². The van der Waals surface area contributed by atoms with Gasteiger partial charge in [0, 0.05) is 0 Å². The van der Waals surface area contributed by atoms with Gasteiger partial charge in [-0.05, 0) is 41.4 Å². The van der Waals surface area contributed by atoms with Crippen LogP contribution in [0.3, 0.4) is 0 Å². The lowest BCUT2D eigenvalue weighted by Crippen LogP contribution is -2.19. The van der Waals surface area contributed by atoms with E-state index in [0.29, 0.717) is 21.5 Å². The average molecular weight is 331 g/mol. The molecule has 1 aromatic rings. The number of esters is 1. The van der Waals surface area contributed by atoms with Crippen LogP contribution in [0.15, 0.2) is 10.5 Å². The molecule has 0 aromatic heterocycles. The van der Waals surface area contributed by atoms with Gasteiger partial charge < -0.3 is 14.2 Å². The molecular formula is C13H15BrO5. The van der Waals surface area contributed by atoms with E-state index in [0.717, 1.165) is 0 Å². The molecule has 0 saturated heterocycles. The minimum Gasteiger partial charge on any atom is -0.493 e. The van der Waals surface area contributed by atoms with E-state index in [4.69, 9.17) is 14.2 Å². The first-order valence-electron chi connectivity index (χ1n) is 5.60. The lowest BCUT2D eigenvalue weighted by Gasteiger charge is -2.14. The maximum absolute atomic E-state index is 12.0. The first-order valence-corrected chi connectivity index (χ1v) is 6.39. The van der Waals surface area contributed by atoms with Crippen LogP contribution in [0.25, 0.3) is 0 Å². The Bertz CT molecular complexity index is 510. The molecule has 0 aliphatic heterocycles. The lowest BCUT2D eigenvalue weighted by molar-refractivity contribution is -0.137. The summed E-state index contributed by atoms with van der Waals surface area (Å²) in [6.07, 6.45) is 0. The highest BCUT2D eigenvalue weighted by atomic mass is 79.9. The number of ether oxygens (including phenoxy) is 3. The van der Waals surface area contributed by atoms with Crippen LogP contribution < -0.4 is 9.47 Å². The van der Waals surface area contributed by atoms with Crippen molar-refractivity contribution in [2.45, 2.75) is 13.8 Å². The van der Waals surface area contributed by atoms with Crippen molar-refractivity contribution in [3.8, 4) is 11.5 Å². The molecule has 104 valence electrons. The largest absolute Gasteiger partial charge is 0.493 e. The fourth-order valence-corrected chi connectivity index (χ4v) is 2.50. The summed E-state index contributed by atoms with van der Waals surface area (Å²) in [5.41, 5.74) is 0.818. The summed E-state index contributed by atoms with van der Waals surface area (Å²) in [5.74, 6) is -0.765. The first-order chi connectivity index (χ1) is 8.97. The van der Waals surface area contributed by atoms with Crippen molar-refractivity contribution in [2.75, 3.05) is 20.8 Å². The van der Waals surface area contributed by atoms with E-state index in [2.05, 4.69) is 15.9 Å². The van der Waals surface area contributed by atoms with Crippen molar-refractivity contribution in [1.29, 1.82) is 0 Å². The van der Waals surface area contributed by atoms with Crippen LogP contribution in [-0.4, -0.2) is 32.6 Å². The molecule has 1 rings (SSSR count). The molecule has 0 radical (unpaired) electrons. The van der Waals surface area contributed by atoms with Crippen molar-refractivity contribution in [2.24, 2.45) is 0 Å². The Hall–Kier alpha value is -1.56. The SMILES string of the molecule is CCOC(=O)C(=O)c1c(C)cc(OC)c(OC)c1Br. The fraction of sp³-hybridized carbons (Fsp3) is 0.385. The van der Waals surface area contributed by atoms with E-state index >= 15 is 0 Å². The zero-order valence-electron chi connectivity index (χ0n) is 11.2. The summed E-state index contributed by atoms with van der Waals surface area (Å²) in [4.78, 5) is 23.6. The molecule has 0 fully saturated rings. The van der Waals surface area contributed by atoms with Gasteiger partial charge in [0.2, 0.25) is 0 Å².